The number of fused-ring (bicyclic) bond motifs is 3. The summed E-state index contributed by atoms with van der Waals surface area (Å²) in [4.78, 5) is 9.70. The van der Waals surface area contributed by atoms with E-state index in [2.05, 4.69) is 68.3 Å². The molecule has 1 unspecified atom stereocenters. The molecule has 8 heteroatoms. The molecule has 0 spiro atoms. The summed E-state index contributed by atoms with van der Waals surface area (Å²) < 4.78 is 3.33. The Morgan fingerprint density at radius 2 is 1.93 bits per heavy atom. The van der Waals surface area contributed by atoms with Gasteiger partial charge < -0.3 is 19.8 Å². The molecular weight excluding hydrogens is 358 g/mol. The third-order valence-electron chi connectivity index (χ3n) is 5.39. The van der Waals surface area contributed by atoms with E-state index in [1.807, 2.05) is 6.20 Å². The van der Waals surface area contributed by atoms with E-state index in [0.717, 1.165) is 54.7 Å². The summed E-state index contributed by atoms with van der Waals surface area (Å²) in [6, 6.07) is 8.63. The second kappa shape index (κ2) is 6.61. The maximum absolute atomic E-state index is 4.88. The zero-order chi connectivity index (χ0) is 18.4. The molecule has 0 saturated carbocycles. The molecule has 5 rings (SSSR count). The van der Waals surface area contributed by atoms with Gasteiger partial charge in [0.05, 0.1) is 6.20 Å². The number of anilines is 2. The van der Waals surface area contributed by atoms with Crippen LogP contribution < -0.4 is 14.9 Å². The standard InChI is InChI=1S/C19H23N7S/c1-12-16-15-11-20-23-17(15)18(22-19(16)27-24-12)21-13-3-5-14(6-4-13)26-9-7-25(2)8-10-26/h3-6,11,19,24H,7-10H2,1-2H3,(H,20,23)(H,21,22). The highest BCUT2D eigenvalue weighted by Crippen LogP contribution is 2.40. The lowest BCUT2D eigenvalue weighted by Crippen LogP contribution is -2.44. The predicted octanol–water partition coefficient (Wildman–Crippen LogP) is 2.34. The number of aromatic amines is 1. The van der Waals surface area contributed by atoms with Crippen LogP contribution in [0.15, 0.2) is 41.2 Å². The minimum Gasteiger partial charge on any atom is -0.369 e. The van der Waals surface area contributed by atoms with Crippen LogP contribution in [0.4, 0.5) is 11.4 Å². The molecule has 0 bridgehead atoms. The van der Waals surface area contributed by atoms with Gasteiger partial charge in [-0.25, -0.2) is 4.99 Å². The molecule has 3 aliphatic rings. The van der Waals surface area contributed by atoms with Gasteiger partial charge in [-0.3, -0.25) is 5.10 Å². The number of piperazine rings is 1. The number of hydrogen-bond donors (Lipinski definition) is 3. The molecule has 3 N–H and O–H groups in total. The summed E-state index contributed by atoms with van der Waals surface area (Å²) in [5, 5.41) is 10.9. The second-order valence-electron chi connectivity index (χ2n) is 7.21. The van der Waals surface area contributed by atoms with Crippen LogP contribution in [0.25, 0.3) is 5.57 Å². The Morgan fingerprint density at radius 1 is 1.15 bits per heavy atom. The highest BCUT2D eigenvalue weighted by atomic mass is 32.2. The third kappa shape index (κ3) is 2.98. The first-order chi connectivity index (χ1) is 13.2. The lowest BCUT2D eigenvalue weighted by atomic mass is 10.0. The molecule has 1 fully saturated rings. The van der Waals surface area contributed by atoms with Gasteiger partial charge >= 0.3 is 0 Å². The van der Waals surface area contributed by atoms with Gasteiger partial charge in [-0.2, -0.15) is 5.10 Å². The number of nitrogens with one attached hydrogen (secondary N) is 3. The van der Waals surface area contributed by atoms with Crippen molar-refractivity contribution in [3.05, 3.63) is 47.4 Å². The highest BCUT2D eigenvalue weighted by Gasteiger charge is 2.33. The molecule has 1 saturated heterocycles. The topological polar surface area (TPSA) is 71.6 Å². The normalized spacial score (nSPS) is 22.2. The zero-order valence-corrected chi connectivity index (χ0v) is 16.3. The van der Waals surface area contributed by atoms with Crippen molar-refractivity contribution >= 4 is 34.7 Å². The summed E-state index contributed by atoms with van der Waals surface area (Å²) in [5.41, 5.74) is 6.77. The first kappa shape index (κ1) is 16.7. The Morgan fingerprint density at radius 3 is 2.70 bits per heavy atom. The smallest absolute Gasteiger partial charge is 0.153 e. The predicted molar refractivity (Wildman–Crippen MR) is 112 cm³/mol. The third-order valence-corrected chi connectivity index (χ3v) is 6.37. The lowest BCUT2D eigenvalue weighted by Gasteiger charge is -2.34. The lowest BCUT2D eigenvalue weighted by molar-refractivity contribution is 0.313. The molecular formula is C19H23N7S. The van der Waals surface area contributed by atoms with Crippen LogP contribution in [0.1, 0.15) is 18.2 Å². The van der Waals surface area contributed by atoms with Crippen LogP contribution in [0.2, 0.25) is 0 Å². The number of nitrogens with zero attached hydrogens (tertiary/aromatic N) is 4. The molecule has 0 radical (unpaired) electrons. The van der Waals surface area contributed by atoms with E-state index in [-0.39, 0.29) is 5.37 Å². The number of aliphatic imine (C=N–C) groups is 1. The Balaban J connectivity index is 1.36. The van der Waals surface area contributed by atoms with Crippen molar-refractivity contribution in [2.24, 2.45) is 4.99 Å². The number of likely N-dealkylation sites (N-methyl/N-ethyl adjacent to an activating group) is 1. The fraction of sp³-hybridized carbons (Fsp3) is 0.368. The number of amidine groups is 1. The minimum absolute atomic E-state index is 0.0715. The van der Waals surface area contributed by atoms with Crippen molar-refractivity contribution in [2.75, 3.05) is 43.4 Å². The van der Waals surface area contributed by atoms with Crippen LogP contribution in [-0.4, -0.2) is 59.5 Å². The van der Waals surface area contributed by atoms with Crippen molar-refractivity contribution in [1.29, 1.82) is 0 Å². The first-order valence-corrected chi connectivity index (χ1v) is 10.1. The van der Waals surface area contributed by atoms with Crippen molar-refractivity contribution in [1.82, 2.24) is 19.8 Å². The van der Waals surface area contributed by atoms with Gasteiger partial charge in [0, 0.05) is 54.4 Å². The fourth-order valence-corrected chi connectivity index (χ4v) is 4.75. The molecule has 0 amide bonds. The first-order valence-electron chi connectivity index (χ1n) is 9.24. The van der Waals surface area contributed by atoms with Crippen LogP contribution >= 0.6 is 11.9 Å². The summed E-state index contributed by atoms with van der Waals surface area (Å²) >= 11 is 1.63. The van der Waals surface area contributed by atoms with Gasteiger partial charge in [-0.1, -0.05) is 0 Å². The average Bonchev–Trinajstić information content (AvgIpc) is 3.30. The van der Waals surface area contributed by atoms with Gasteiger partial charge in [0.25, 0.3) is 0 Å². The van der Waals surface area contributed by atoms with Crippen LogP contribution in [-0.2, 0) is 0 Å². The summed E-state index contributed by atoms with van der Waals surface area (Å²) in [6.07, 6.45) is 1.89. The van der Waals surface area contributed by atoms with Crippen molar-refractivity contribution < 1.29 is 0 Å². The van der Waals surface area contributed by atoms with Crippen molar-refractivity contribution in [3.63, 3.8) is 0 Å². The van der Waals surface area contributed by atoms with Gasteiger partial charge in [0.2, 0.25) is 0 Å². The molecule has 7 nitrogen and oxygen atoms in total. The second-order valence-corrected chi connectivity index (χ2v) is 8.10. The number of hydrogen-bond acceptors (Lipinski definition) is 7. The minimum atomic E-state index is 0.0715. The molecule has 1 aromatic heterocycles. The number of benzene rings is 1. The van der Waals surface area contributed by atoms with Gasteiger partial charge in [-0.05, 0) is 50.2 Å². The molecule has 3 aliphatic heterocycles. The average molecular weight is 382 g/mol. The van der Waals surface area contributed by atoms with Gasteiger partial charge in [0.15, 0.2) is 5.84 Å². The Labute approximate surface area is 163 Å². The summed E-state index contributed by atoms with van der Waals surface area (Å²) in [7, 11) is 2.18. The van der Waals surface area contributed by atoms with Crippen LogP contribution in [0.3, 0.4) is 0 Å². The van der Waals surface area contributed by atoms with E-state index in [0.29, 0.717) is 0 Å². The summed E-state index contributed by atoms with van der Waals surface area (Å²) in [5.74, 6) is 0.840. The zero-order valence-electron chi connectivity index (χ0n) is 15.5. The van der Waals surface area contributed by atoms with E-state index in [1.165, 1.54) is 11.3 Å². The monoisotopic (exact) mass is 381 g/mol. The van der Waals surface area contributed by atoms with E-state index in [9.17, 15) is 0 Å². The fourth-order valence-electron chi connectivity index (χ4n) is 3.77. The largest absolute Gasteiger partial charge is 0.369 e. The molecule has 0 aliphatic carbocycles. The Hall–Kier alpha value is -2.45. The van der Waals surface area contributed by atoms with Gasteiger partial charge in [0.1, 0.15) is 11.1 Å². The number of rotatable bonds is 2. The molecule has 140 valence electrons. The van der Waals surface area contributed by atoms with Gasteiger partial charge in [-0.15, -0.1) is 0 Å². The quantitative estimate of drug-likeness (QED) is 0.694. The van der Waals surface area contributed by atoms with E-state index in [1.54, 1.807) is 11.9 Å². The van der Waals surface area contributed by atoms with Crippen LogP contribution in [0, 0.1) is 0 Å². The summed E-state index contributed by atoms with van der Waals surface area (Å²) in [6.45, 7) is 6.47. The number of aromatic nitrogens is 2. The maximum Gasteiger partial charge on any atom is 0.153 e. The SMILES string of the molecule is CC1=C2c3cn[nH]c3C(Nc3ccc(N4CCN(C)CC4)cc3)=NC2SN1. The Bertz CT molecular complexity index is 906. The molecule has 2 aromatic rings. The number of H-pyrrole nitrogens is 1. The Kier molecular flexibility index (Phi) is 4.09. The molecule has 1 atom stereocenters. The highest BCUT2D eigenvalue weighted by molar-refractivity contribution is 7.98. The molecule has 27 heavy (non-hydrogen) atoms. The van der Waals surface area contributed by atoms with E-state index < -0.39 is 0 Å². The number of allylic oxidation sites excluding steroid dienone is 1. The van der Waals surface area contributed by atoms with E-state index >= 15 is 0 Å². The molecule has 4 heterocycles. The van der Waals surface area contributed by atoms with Crippen molar-refractivity contribution in [3.8, 4) is 0 Å². The molecule has 1 aromatic carbocycles. The van der Waals surface area contributed by atoms with E-state index in [4.69, 9.17) is 4.99 Å². The van der Waals surface area contributed by atoms with Crippen molar-refractivity contribution in [2.45, 2.75) is 12.3 Å². The maximum atomic E-state index is 4.88. The van der Waals surface area contributed by atoms with Crippen LogP contribution in [0.5, 0.6) is 0 Å².